The Morgan fingerprint density at radius 3 is 1.29 bits per heavy atom. The molecule has 4 unspecified atom stereocenters. The number of rotatable bonds is 42. The fraction of sp³-hybridized carbons (Fsp3) is 0.887. The molecule has 0 aromatic rings. The molecule has 68 heavy (non-hydrogen) atoms. The molecule has 2 heterocycles. The molecule has 0 bridgehead atoms. The lowest BCUT2D eigenvalue weighted by molar-refractivity contribution is -0.332. The highest BCUT2D eigenvalue weighted by Crippen LogP contribution is 2.26. The van der Waals surface area contributed by atoms with Crippen LogP contribution in [0.1, 0.15) is 206 Å². The van der Waals surface area contributed by atoms with E-state index in [2.05, 4.69) is 38.2 Å². The summed E-state index contributed by atoms with van der Waals surface area (Å²) in [5.74, 6) is -0.926. The zero-order valence-electron chi connectivity index (χ0n) is 42.1. The van der Waals surface area contributed by atoms with Crippen LogP contribution in [0.15, 0.2) is 24.3 Å². The third-order valence-electron chi connectivity index (χ3n) is 12.9. The maximum atomic E-state index is 13.0. The van der Waals surface area contributed by atoms with Gasteiger partial charge in [-0.2, -0.15) is 0 Å². The van der Waals surface area contributed by atoms with Crippen molar-refractivity contribution in [3.05, 3.63) is 24.3 Å². The average molecular weight is 973 g/mol. The van der Waals surface area contributed by atoms with E-state index in [-0.39, 0.29) is 26.1 Å². The standard InChI is InChI=1S/C53H96O15/c1-3-5-7-9-11-13-15-17-19-20-22-24-26-28-30-32-34-36-45(56)66-41(38-63-44(55)35-33-31-29-27-25-23-21-18-16-14-12-10-8-6-4-2)39-64-52-51(62)49(60)47(58)43(68-52)40-65-53-50(61)48(59)46(57)42(37-54)67-53/h13-16,41-43,46-54,57-62H,3-12,17-40H2,1-2H3/b15-13+,16-14+/t41-,42+,43+,46-,47-,48?,49?,50?,51?,52+,53+/m1/s1. The first-order chi connectivity index (χ1) is 33.0. The summed E-state index contributed by atoms with van der Waals surface area (Å²) in [6, 6.07) is 0. The van der Waals surface area contributed by atoms with E-state index in [0.717, 1.165) is 51.4 Å². The molecule has 0 aromatic carbocycles. The number of ether oxygens (including phenoxy) is 6. The van der Waals surface area contributed by atoms with Crippen molar-refractivity contribution < 1.29 is 73.8 Å². The maximum absolute atomic E-state index is 13.0. The first-order valence-corrected chi connectivity index (χ1v) is 26.9. The zero-order valence-corrected chi connectivity index (χ0v) is 42.1. The Bertz CT molecular complexity index is 1280. The van der Waals surface area contributed by atoms with E-state index in [1.807, 2.05) is 0 Å². The van der Waals surface area contributed by atoms with E-state index in [1.54, 1.807) is 0 Å². The van der Waals surface area contributed by atoms with Gasteiger partial charge in [0.1, 0.15) is 55.4 Å². The molecule has 2 aliphatic rings. The molecule has 15 heteroatoms. The molecule has 11 atom stereocenters. The summed E-state index contributed by atoms with van der Waals surface area (Å²) >= 11 is 0. The molecule has 0 saturated carbocycles. The summed E-state index contributed by atoms with van der Waals surface area (Å²) < 4.78 is 33.6. The summed E-state index contributed by atoms with van der Waals surface area (Å²) in [6.45, 7) is 2.58. The molecule has 0 amide bonds. The van der Waals surface area contributed by atoms with Crippen LogP contribution in [0.2, 0.25) is 0 Å². The lowest BCUT2D eigenvalue weighted by Crippen LogP contribution is -2.61. The molecule has 398 valence electrons. The van der Waals surface area contributed by atoms with E-state index < -0.39 is 92.7 Å². The minimum absolute atomic E-state index is 0.164. The van der Waals surface area contributed by atoms with Crippen LogP contribution >= 0.6 is 0 Å². The van der Waals surface area contributed by atoms with Gasteiger partial charge in [-0.3, -0.25) is 9.59 Å². The molecular formula is C53H96O15. The highest BCUT2D eigenvalue weighted by atomic mass is 16.7. The van der Waals surface area contributed by atoms with Crippen molar-refractivity contribution in [3.63, 3.8) is 0 Å². The van der Waals surface area contributed by atoms with Gasteiger partial charge in [0, 0.05) is 12.8 Å². The Balaban J connectivity index is 1.79. The quantitative estimate of drug-likeness (QED) is 0.0175. The van der Waals surface area contributed by atoms with Gasteiger partial charge in [-0.25, -0.2) is 0 Å². The fourth-order valence-electron chi connectivity index (χ4n) is 8.44. The lowest BCUT2D eigenvalue weighted by atomic mass is 9.98. The predicted octanol–water partition coefficient (Wildman–Crippen LogP) is 7.94. The van der Waals surface area contributed by atoms with Gasteiger partial charge in [-0.05, 0) is 64.2 Å². The molecular weight excluding hydrogens is 877 g/mol. The van der Waals surface area contributed by atoms with Crippen molar-refractivity contribution in [2.75, 3.05) is 26.4 Å². The first-order valence-electron chi connectivity index (χ1n) is 26.9. The number of aliphatic hydroxyl groups excluding tert-OH is 7. The van der Waals surface area contributed by atoms with Gasteiger partial charge >= 0.3 is 11.9 Å². The Morgan fingerprint density at radius 2 is 0.838 bits per heavy atom. The second-order valence-corrected chi connectivity index (χ2v) is 19.0. The van der Waals surface area contributed by atoms with E-state index in [0.29, 0.717) is 12.8 Å². The number of carbonyl (C=O) groups excluding carboxylic acids is 2. The van der Waals surface area contributed by atoms with Gasteiger partial charge in [0.15, 0.2) is 18.7 Å². The second kappa shape index (κ2) is 40.6. The van der Waals surface area contributed by atoms with Crippen molar-refractivity contribution >= 4 is 11.9 Å². The zero-order chi connectivity index (χ0) is 49.6. The predicted molar refractivity (Wildman–Crippen MR) is 261 cm³/mol. The van der Waals surface area contributed by atoms with Gasteiger partial charge in [0.2, 0.25) is 0 Å². The van der Waals surface area contributed by atoms with Crippen LogP contribution in [-0.4, -0.2) is 142 Å². The van der Waals surface area contributed by atoms with Crippen LogP contribution in [0.3, 0.4) is 0 Å². The fourth-order valence-corrected chi connectivity index (χ4v) is 8.44. The Hall–Kier alpha value is -2.02. The highest BCUT2D eigenvalue weighted by molar-refractivity contribution is 5.70. The molecule has 2 aliphatic heterocycles. The molecule has 15 nitrogen and oxygen atoms in total. The SMILES string of the molecule is CCCCCC/C=C/CCCCCCCCCCCC(=O)O[C@H](COC(=O)CCCCCCCCC/C=C/CCCCCC)CO[C@H]1O[C@@H](CO[C@H]2O[C@@H](CO)[C@@H](O)C(O)C2O)[C@@H](O)C(O)C1O. The molecule has 2 fully saturated rings. The lowest BCUT2D eigenvalue weighted by Gasteiger charge is -2.42. The Morgan fingerprint density at radius 1 is 0.456 bits per heavy atom. The van der Waals surface area contributed by atoms with Crippen LogP contribution in [0.5, 0.6) is 0 Å². The number of aliphatic hydroxyl groups is 7. The van der Waals surface area contributed by atoms with E-state index in [1.165, 1.54) is 116 Å². The topological polar surface area (TPSA) is 231 Å². The first kappa shape index (κ1) is 62.1. The van der Waals surface area contributed by atoms with E-state index in [9.17, 15) is 45.3 Å². The Labute approximate surface area is 409 Å². The van der Waals surface area contributed by atoms with Crippen molar-refractivity contribution in [1.82, 2.24) is 0 Å². The Kier molecular flexibility index (Phi) is 37.0. The van der Waals surface area contributed by atoms with Crippen molar-refractivity contribution in [3.8, 4) is 0 Å². The molecule has 0 aromatic heterocycles. The third-order valence-corrected chi connectivity index (χ3v) is 12.9. The third kappa shape index (κ3) is 28.1. The monoisotopic (exact) mass is 973 g/mol. The number of hydrogen-bond donors (Lipinski definition) is 7. The van der Waals surface area contributed by atoms with Gasteiger partial charge in [-0.1, -0.05) is 154 Å². The van der Waals surface area contributed by atoms with Gasteiger partial charge in [-0.15, -0.1) is 0 Å². The van der Waals surface area contributed by atoms with Crippen LogP contribution in [0.25, 0.3) is 0 Å². The molecule has 2 saturated heterocycles. The number of hydrogen-bond acceptors (Lipinski definition) is 15. The maximum Gasteiger partial charge on any atom is 0.306 e. The van der Waals surface area contributed by atoms with Crippen molar-refractivity contribution in [1.29, 1.82) is 0 Å². The van der Waals surface area contributed by atoms with Crippen LogP contribution in [0, 0.1) is 0 Å². The summed E-state index contributed by atoms with van der Waals surface area (Å²) in [5.41, 5.74) is 0. The van der Waals surface area contributed by atoms with Crippen LogP contribution < -0.4 is 0 Å². The van der Waals surface area contributed by atoms with Crippen LogP contribution in [-0.2, 0) is 38.0 Å². The average Bonchev–Trinajstić information content (AvgIpc) is 3.33. The number of carbonyl (C=O) groups is 2. The number of allylic oxidation sites excluding steroid dienone is 4. The van der Waals surface area contributed by atoms with Gasteiger partial charge in [0.05, 0.1) is 19.8 Å². The molecule has 0 spiro atoms. The summed E-state index contributed by atoms with van der Waals surface area (Å²) in [5, 5.41) is 72.1. The molecule has 2 rings (SSSR count). The second-order valence-electron chi connectivity index (χ2n) is 19.0. The van der Waals surface area contributed by atoms with Crippen molar-refractivity contribution in [2.45, 2.75) is 274 Å². The van der Waals surface area contributed by atoms with Gasteiger partial charge < -0.3 is 64.2 Å². The number of unbranched alkanes of at least 4 members (excludes halogenated alkanes) is 24. The van der Waals surface area contributed by atoms with Crippen LogP contribution in [0.4, 0.5) is 0 Å². The van der Waals surface area contributed by atoms with Crippen molar-refractivity contribution in [2.24, 2.45) is 0 Å². The summed E-state index contributed by atoms with van der Waals surface area (Å²) in [4.78, 5) is 25.8. The minimum atomic E-state index is -1.76. The smallest absolute Gasteiger partial charge is 0.306 e. The normalized spacial score (nSPS) is 25.9. The van der Waals surface area contributed by atoms with E-state index in [4.69, 9.17) is 28.4 Å². The molecule has 0 aliphatic carbocycles. The van der Waals surface area contributed by atoms with Gasteiger partial charge in [0.25, 0.3) is 0 Å². The minimum Gasteiger partial charge on any atom is -0.462 e. The molecule has 0 radical (unpaired) electrons. The highest BCUT2D eigenvalue weighted by Gasteiger charge is 2.47. The molecule has 7 N–H and O–H groups in total. The summed E-state index contributed by atoms with van der Waals surface area (Å²) in [6.07, 6.45) is 24.8. The summed E-state index contributed by atoms with van der Waals surface area (Å²) in [7, 11) is 0. The largest absolute Gasteiger partial charge is 0.462 e. The van der Waals surface area contributed by atoms with E-state index >= 15 is 0 Å². The number of esters is 2.